The number of likely N-dealkylation sites (tertiary alicyclic amines) is 1. The predicted octanol–water partition coefficient (Wildman–Crippen LogP) is 5.17. The summed E-state index contributed by atoms with van der Waals surface area (Å²) in [6, 6.07) is 6.29. The molecule has 0 aliphatic carbocycles. The molecule has 0 spiro atoms. The minimum atomic E-state index is -0.760. The third-order valence-corrected chi connectivity index (χ3v) is 8.63. The molecule has 1 saturated heterocycles. The van der Waals surface area contributed by atoms with Crippen LogP contribution in [0.4, 0.5) is 0 Å². The van der Waals surface area contributed by atoms with Crippen molar-refractivity contribution in [2.24, 2.45) is 5.92 Å². The normalized spacial score (nSPS) is 19.1. The topological polar surface area (TPSA) is 111 Å². The fraction of sp³-hybridized carbons (Fsp3) is 0.613. The van der Waals surface area contributed by atoms with Crippen LogP contribution < -0.4 is 5.56 Å². The number of fused-ring (bicyclic) bond motifs is 2. The Morgan fingerprint density at radius 2 is 2.00 bits per heavy atom. The zero-order chi connectivity index (χ0) is 28.2. The Morgan fingerprint density at radius 3 is 2.77 bits per heavy atom. The molecule has 2 atom stereocenters. The van der Waals surface area contributed by atoms with E-state index in [2.05, 4.69) is 29.1 Å². The number of aliphatic carboxylic acids is 1. The molecule has 0 amide bonds. The molecule has 9 nitrogen and oxygen atoms in total. The van der Waals surface area contributed by atoms with E-state index in [0.717, 1.165) is 91.9 Å². The van der Waals surface area contributed by atoms with E-state index in [1.165, 1.54) is 5.56 Å². The van der Waals surface area contributed by atoms with Gasteiger partial charge < -0.3 is 19.3 Å². The molecule has 1 aromatic carbocycles. The van der Waals surface area contributed by atoms with Crippen LogP contribution >= 0.6 is 0 Å². The summed E-state index contributed by atoms with van der Waals surface area (Å²) in [7, 11) is 0. The number of carboxylic acid groups (broad SMARTS) is 1. The number of hydrogen-bond donors (Lipinski definition) is 1. The summed E-state index contributed by atoms with van der Waals surface area (Å²) in [6.07, 6.45) is 6.11. The first-order chi connectivity index (χ1) is 19.3. The Kier molecular flexibility index (Phi) is 9.00. The first kappa shape index (κ1) is 28.5. The lowest BCUT2D eigenvalue weighted by atomic mass is 9.91. The molecule has 1 N–H and O–H groups in total. The fourth-order valence-corrected chi connectivity index (χ4v) is 6.31. The van der Waals surface area contributed by atoms with E-state index in [9.17, 15) is 9.59 Å². The molecule has 2 aromatic heterocycles. The van der Waals surface area contributed by atoms with Gasteiger partial charge in [-0.05, 0) is 95.5 Å². The number of aryl methyl sites for hydroxylation is 2. The molecule has 2 aliphatic heterocycles. The van der Waals surface area contributed by atoms with E-state index in [4.69, 9.17) is 19.4 Å². The summed E-state index contributed by atoms with van der Waals surface area (Å²) in [4.78, 5) is 31.7. The van der Waals surface area contributed by atoms with Gasteiger partial charge in [0.25, 0.3) is 5.56 Å². The van der Waals surface area contributed by atoms with Gasteiger partial charge in [-0.1, -0.05) is 18.1 Å². The molecule has 216 valence electrons. The summed E-state index contributed by atoms with van der Waals surface area (Å²) >= 11 is 0. The van der Waals surface area contributed by atoms with Crippen LogP contribution in [0.3, 0.4) is 0 Å². The number of nitrogens with zero attached hydrogens (tertiary/aromatic N) is 4. The number of ether oxygens (including phenoxy) is 1. The van der Waals surface area contributed by atoms with Gasteiger partial charge in [0.15, 0.2) is 5.58 Å². The summed E-state index contributed by atoms with van der Waals surface area (Å²) < 4.78 is 13.6. The lowest BCUT2D eigenvalue weighted by molar-refractivity contribution is -0.138. The molecule has 40 heavy (non-hydrogen) atoms. The largest absolute Gasteiger partial charge is 0.481 e. The highest BCUT2D eigenvalue weighted by Gasteiger charge is 2.28. The Balaban J connectivity index is 1.15. The zero-order valence-electron chi connectivity index (χ0n) is 24.0. The summed E-state index contributed by atoms with van der Waals surface area (Å²) in [5, 5.41) is 14.5. The van der Waals surface area contributed by atoms with Crippen LogP contribution in [0.25, 0.3) is 11.0 Å². The number of piperidine rings is 1. The van der Waals surface area contributed by atoms with Crippen molar-refractivity contribution in [3.8, 4) is 0 Å². The van der Waals surface area contributed by atoms with Gasteiger partial charge in [0.05, 0.1) is 5.69 Å². The minimum absolute atomic E-state index is 0.0742. The standard InChI is InChI=1S/C31H42N4O5/c1-20(19-28(36)37)6-5-17-39-26-7-4-13-35-30(26)32-22(3)24(31(35)38)12-16-34-14-10-23(11-15-34)29-25-9-8-21(2)18-27(25)40-33-29/h8-9,18,20,23,26H,4-7,10-17,19H2,1-3H3,(H,36,37). The van der Waals surface area contributed by atoms with Crippen LogP contribution in [0.2, 0.25) is 0 Å². The average molecular weight is 551 g/mol. The van der Waals surface area contributed by atoms with Crippen LogP contribution in [0.15, 0.2) is 27.5 Å². The van der Waals surface area contributed by atoms with Crippen molar-refractivity contribution in [2.75, 3.05) is 26.2 Å². The molecule has 4 heterocycles. The van der Waals surface area contributed by atoms with Crippen LogP contribution in [-0.4, -0.2) is 56.9 Å². The molecule has 1 fully saturated rings. The highest BCUT2D eigenvalue weighted by molar-refractivity contribution is 5.80. The van der Waals surface area contributed by atoms with Gasteiger partial charge in [-0.2, -0.15) is 0 Å². The lowest BCUT2D eigenvalue weighted by Gasteiger charge is -2.31. The van der Waals surface area contributed by atoms with Crippen LogP contribution in [-0.2, 0) is 22.5 Å². The van der Waals surface area contributed by atoms with Crippen molar-refractivity contribution in [1.82, 2.24) is 19.6 Å². The van der Waals surface area contributed by atoms with Gasteiger partial charge in [-0.3, -0.25) is 14.2 Å². The third kappa shape index (κ3) is 6.47. The number of aromatic nitrogens is 3. The number of rotatable bonds is 11. The first-order valence-electron chi connectivity index (χ1n) is 14.8. The first-order valence-corrected chi connectivity index (χ1v) is 14.8. The van der Waals surface area contributed by atoms with Crippen molar-refractivity contribution in [3.05, 3.63) is 56.9 Å². The highest BCUT2D eigenvalue weighted by Crippen LogP contribution is 2.33. The van der Waals surface area contributed by atoms with E-state index in [1.54, 1.807) is 0 Å². The van der Waals surface area contributed by atoms with Crippen molar-refractivity contribution >= 4 is 16.9 Å². The molecule has 0 radical (unpaired) electrons. The minimum Gasteiger partial charge on any atom is -0.481 e. The molecule has 5 rings (SSSR count). The summed E-state index contributed by atoms with van der Waals surface area (Å²) in [5.74, 6) is 0.508. The zero-order valence-corrected chi connectivity index (χ0v) is 24.0. The number of hydrogen-bond acceptors (Lipinski definition) is 7. The van der Waals surface area contributed by atoms with E-state index in [-0.39, 0.29) is 24.0 Å². The molecule has 2 unspecified atom stereocenters. The van der Waals surface area contributed by atoms with Gasteiger partial charge >= 0.3 is 5.97 Å². The quantitative estimate of drug-likeness (QED) is 0.326. The van der Waals surface area contributed by atoms with E-state index in [1.807, 2.05) is 24.5 Å². The Morgan fingerprint density at radius 1 is 1.20 bits per heavy atom. The average Bonchev–Trinajstić information content (AvgIpc) is 3.34. The molecule has 3 aromatic rings. The van der Waals surface area contributed by atoms with Gasteiger partial charge in [-0.25, -0.2) is 4.98 Å². The highest BCUT2D eigenvalue weighted by atomic mass is 16.5. The summed E-state index contributed by atoms with van der Waals surface area (Å²) in [6.45, 7) is 9.99. The molecular weight excluding hydrogens is 508 g/mol. The smallest absolute Gasteiger partial charge is 0.303 e. The second kappa shape index (κ2) is 12.6. The second-order valence-electron chi connectivity index (χ2n) is 11.8. The van der Waals surface area contributed by atoms with Crippen molar-refractivity contribution in [3.63, 3.8) is 0 Å². The maximum absolute atomic E-state index is 13.5. The Hall–Kier alpha value is -3.04. The monoisotopic (exact) mass is 550 g/mol. The van der Waals surface area contributed by atoms with E-state index < -0.39 is 5.97 Å². The van der Waals surface area contributed by atoms with Crippen molar-refractivity contribution in [1.29, 1.82) is 0 Å². The van der Waals surface area contributed by atoms with E-state index in [0.29, 0.717) is 25.5 Å². The van der Waals surface area contributed by atoms with Crippen molar-refractivity contribution < 1.29 is 19.2 Å². The lowest BCUT2D eigenvalue weighted by Crippen LogP contribution is -2.38. The molecule has 0 bridgehead atoms. The molecule has 0 saturated carbocycles. The SMILES string of the molecule is Cc1ccc2c(C3CCN(CCc4c(C)nc5n(c4=O)CCCC5OCCCC(C)CC(=O)O)CC3)noc2c1. The predicted molar refractivity (Wildman–Crippen MR) is 153 cm³/mol. The van der Waals surface area contributed by atoms with Crippen LogP contribution in [0.1, 0.15) is 92.2 Å². The van der Waals surface area contributed by atoms with Crippen molar-refractivity contribution in [2.45, 2.75) is 90.7 Å². The molecule has 2 aliphatic rings. The van der Waals surface area contributed by atoms with Gasteiger partial charge in [0.1, 0.15) is 11.9 Å². The number of benzene rings is 1. The number of carboxylic acids is 1. The van der Waals surface area contributed by atoms with Gasteiger partial charge in [0.2, 0.25) is 0 Å². The van der Waals surface area contributed by atoms with Gasteiger partial charge in [-0.15, -0.1) is 0 Å². The Labute approximate surface area is 235 Å². The Bertz CT molecular complexity index is 1390. The van der Waals surface area contributed by atoms with Gasteiger partial charge in [0, 0.05) is 48.7 Å². The maximum atomic E-state index is 13.5. The molecule has 9 heteroatoms. The third-order valence-electron chi connectivity index (χ3n) is 8.63. The van der Waals surface area contributed by atoms with Crippen LogP contribution in [0.5, 0.6) is 0 Å². The number of carbonyl (C=O) groups is 1. The molecular formula is C31H42N4O5. The second-order valence-corrected chi connectivity index (χ2v) is 11.8. The maximum Gasteiger partial charge on any atom is 0.303 e. The van der Waals surface area contributed by atoms with E-state index >= 15 is 0 Å². The fourth-order valence-electron chi connectivity index (χ4n) is 6.31. The van der Waals surface area contributed by atoms with Crippen LogP contribution in [0, 0.1) is 19.8 Å². The summed E-state index contributed by atoms with van der Waals surface area (Å²) in [5.41, 5.74) is 4.81.